The molecule has 1 N–H and O–H groups in total. The van der Waals surface area contributed by atoms with Gasteiger partial charge >= 0.3 is 6.18 Å². The van der Waals surface area contributed by atoms with E-state index in [0.29, 0.717) is 10.8 Å². The monoisotopic (exact) mass is 313 g/mol. The van der Waals surface area contributed by atoms with E-state index < -0.39 is 12.0 Å². The molecule has 0 radical (unpaired) electrons. The van der Waals surface area contributed by atoms with E-state index in [9.17, 15) is 13.2 Å². The van der Waals surface area contributed by atoms with Gasteiger partial charge in [0.2, 0.25) is 5.82 Å². The smallest absolute Gasteiger partial charge is 0.373 e. The number of anilines is 1. The predicted octanol–water partition coefficient (Wildman–Crippen LogP) is 4.14. The maximum absolute atomic E-state index is 12.7. The number of nitrogens with zero attached hydrogens (tertiary/aromatic N) is 2. The summed E-state index contributed by atoms with van der Waals surface area (Å²) in [6.07, 6.45) is -4.55. The summed E-state index contributed by atoms with van der Waals surface area (Å²) in [6, 6.07) is 9.26. The fourth-order valence-corrected chi connectivity index (χ4v) is 2.65. The van der Waals surface area contributed by atoms with Crippen molar-refractivity contribution < 1.29 is 13.2 Å². The molecule has 1 aromatic heterocycles. The molecule has 21 heavy (non-hydrogen) atoms. The number of thioether (sulfide) groups is 1. The summed E-state index contributed by atoms with van der Waals surface area (Å²) in [5, 5.41) is 2.92. The second kappa shape index (κ2) is 6.34. The minimum atomic E-state index is -4.55. The molecule has 3 nitrogen and oxygen atoms in total. The van der Waals surface area contributed by atoms with E-state index in [1.165, 1.54) is 24.9 Å². The Morgan fingerprint density at radius 2 is 1.90 bits per heavy atom. The van der Waals surface area contributed by atoms with Crippen molar-refractivity contribution in [2.24, 2.45) is 0 Å². The second-order valence-corrected chi connectivity index (χ2v) is 5.37. The van der Waals surface area contributed by atoms with Crippen molar-refractivity contribution in [2.75, 3.05) is 12.4 Å². The van der Waals surface area contributed by atoms with Gasteiger partial charge in [0.1, 0.15) is 10.8 Å². The number of aromatic nitrogens is 2. The lowest BCUT2D eigenvalue weighted by Crippen LogP contribution is -2.12. The number of halogens is 3. The van der Waals surface area contributed by atoms with Crippen molar-refractivity contribution in [3.05, 3.63) is 47.3 Å². The molecule has 0 saturated carbocycles. The van der Waals surface area contributed by atoms with E-state index in [-0.39, 0.29) is 5.82 Å². The highest BCUT2D eigenvalue weighted by Crippen LogP contribution is 2.30. The third kappa shape index (κ3) is 4.10. The van der Waals surface area contributed by atoms with Crippen LogP contribution in [0, 0.1) is 6.92 Å². The fraction of sp³-hybridized carbons (Fsp3) is 0.286. The molecule has 0 amide bonds. The molecule has 0 aliphatic heterocycles. The topological polar surface area (TPSA) is 37.8 Å². The van der Waals surface area contributed by atoms with Crippen LogP contribution in [0.25, 0.3) is 0 Å². The Hall–Kier alpha value is -1.76. The van der Waals surface area contributed by atoms with Gasteiger partial charge < -0.3 is 5.32 Å². The van der Waals surface area contributed by atoms with Gasteiger partial charge in [-0.2, -0.15) is 13.2 Å². The molecule has 0 saturated heterocycles. The maximum Gasteiger partial charge on any atom is 0.451 e. The van der Waals surface area contributed by atoms with Crippen LogP contribution >= 0.6 is 11.8 Å². The Labute approximate surface area is 125 Å². The molecular formula is C14H14F3N3S. The van der Waals surface area contributed by atoms with Crippen LogP contribution in [0.15, 0.2) is 35.4 Å². The molecule has 1 aromatic carbocycles. The van der Waals surface area contributed by atoms with Crippen LogP contribution in [-0.4, -0.2) is 17.0 Å². The molecule has 0 aliphatic rings. The van der Waals surface area contributed by atoms with Gasteiger partial charge in [0.25, 0.3) is 0 Å². The molecule has 0 bridgehead atoms. The van der Waals surface area contributed by atoms with Crippen LogP contribution in [0.5, 0.6) is 0 Å². The summed E-state index contributed by atoms with van der Waals surface area (Å²) >= 11 is 1.26. The second-order valence-electron chi connectivity index (χ2n) is 4.38. The highest BCUT2D eigenvalue weighted by atomic mass is 32.2. The molecule has 0 fully saturated rings. The summed E-state index contributed by atoms with van der Waals surface area (Å²) in [5.74, 6) is -0.407. The van der Waals surface area contributed by atoms with E-state index in [2.05, 4.69) is 15.3 Å². The molecule has 112 valence electrons. The first kappa shape index (κ1) is 15.6. The van der Waals surface area contributed by atoms with Crippen molar-refractivity contribution >= 4 is 17.6 Å². The first-order valence-corrected chi connectivity index (χ1v) is 7.20. The summed E-state index contributed by atoms with van der Waals surface area (Å²) in [4.78, 5) is 7.02. The first-order valence-electron chi connectivity index (χ1n) is 6.21. The highest BCUT2D eigenvalue weighted by molar-refractivity contribution is 7.98. The molecule has 0 aliphatic carbocycles. The molecule has 7 heteroatoms. The molecule has 0 spiro atoms. The van der Waals surface area contributed by atoms with Crippen molar-refractivity contribution in [2.45, 2.75) is 23.9 Å². The van der Waals surface area contributed by atoms with Gasteiger partial charge in [0.05, 0.1) is 0 Å². The Morgan fingerprint density at radius 3 is 2.52 bits per heavy atom. The van der Waals surface area contributed by atoms with Crippen LogP contribution in [0.1, 0.15) is 17.0 Å². The van der Waals surface area contributed by atoms with Crippen LogP contribution < -0.4 is 5.32 Å². The van der Waals surface area contributed by atoms with Gasteiger partial charge in [-0.15, -0.1) is 11.8 Å². The van der Waals surface area contributed by atoms with Gasteiger partial charge in [-0.1, -0.05) is 24.3 Å². The zero-order chi connectivity index (χ0) is 15.5. The summed E-state index contributed by atoms with van der Waals surface area (Å²) < 4.78 is 38.2. The Morgan fingerprint density at radius 1 is 1.19 bits per heavy atom. The van der Waals surface area contributed by atoms with E-state index in [1.807, 2.05) is 31.2 Å². The average molecular weight is 313 g/mol. The van der Waals surface area contributed by atoms with Crippen molar-refractivity contribution in [1.29, 1.82) is 0 Å². The lowest BCUT2D eigenvalue weighted by atomic mass is 10.1. The quantitative estimate of drug-likeness (QED) is 0.680. The Balaban J connectivity index is 2.22. The Bertz CT molecular complexity index is 629. The number of aryl methyl sites for hydroxylation is 1. The zero-order valence-corrected chi connectivity index (χ0v) is 12.3. The maximum atomic E-state index is 12.7. The SMILES string of the molecule is CNc1cc(SCc2ccccc2C)nc(C(F)(F)F)n1. The third-order valence-corrected chi connectivity index (χ3v) is 3.81. The minimum absolute atomic E-state index is 0.157. The fourth-order valence-electron chi connectivity index (χ4n) is 1.68. The van der Waals surface area contributed by atoms with Gasteiger partial charge in [-0.25, -0.2) is 9.97 Å². The number of benzene rings is 1. The number of alkyl halides is 3. The third-order valence-electron chi connectivity index (χ3n) is 2.85. The van der Waals surface area contributed by atoms with Gasteiger partial charge in [0, 0.05) is 18.9 Å². The standard InChI is InChI=1S/C14H14F3N3S/c1-9-5-3-4-6-10(9)8-21-12-7-11(18-2)19-13(20-12)14(15,16)17/h3-7H,8H2,1-2H3,(H,18,19,20). The number of hydrogen-bond donors (Lipinski definition) is 1. The molecule has 0 unspecified atom stereocenters. The van der Waals surface area contributed by atoms with Gasteiger partial charge in [-0.05, 0) is 18.1 Å². The molecule has 2 rings (SSSR count). The lowest BCUT2D eigenvalue weighted by Gasteiger charge is -2.10. The van der Waals surface area contributed by atoms with Gasteiger partial charge in [-0.3, -0.25) is 0 Å². The highest BCUT2D eigenvalue weighted by Gasteiger charge is 2.35. The van der Waals surface area contributed by atoms with Crippen molar-refractivity contribution in [1.82, 2.24) is 9.97 Å². The number of hydrogen-bond acceptors (Lipinski definition) is 4. The van der Waals surface area contributed by atoms with Crippen LogP contribution in [-0.2, 0) is 11.9 Å². The molecule has 1 heterocycles. The van der Waals surface area contributed by atoms with Crippen LogP contribution in [0.2, 0.25) is 0 Å². The largest absolute Gasteiger partial charge is 0.451 e. The van der Waals surface area contributed by atoms with Crippen LogP contribution in [0.4, 0.5) is 19.0 Å². The normalized spacial score (nSPS) is 11.5. The van der Waals surface area contributed by atoms with Crippen molar-refractivity contribution in [3.63, 3.8) is 0 Å². The number of nitrogens with one attached hydrogen (secondary N) is 1. The predicted molar refractivity (Wildman–Crippen MR) is 77.3 cm³/mol. The summed E-state index contributed by atoms with van der Waals surface area (Å²) in [5.41, 5.74) is 2.17. The summed E-state index contributed by atoms with van der Waals surface area (Å²) in [6.45, 7) is 1.97. The van der Waals surface area contributed by atoms with Crippen LogP contribution in [0.3, 0.4) is 0 Å². The van der Waals surface area contributed by atoms with Gasteiger partial charge in [0.15, 0.2) is 0 Å². The first-order chi connectivity index (χ1) is 9.90. The molecular weight excluding hydrogens is 299 g/mol. The zero-order valence-electron chi connectivity index (χ0n) is 11.5. The van der Waals surface area contributed by atoms with E-state index in [1.54, 1.807) is 0 Å². The Kier molecular flexibility index (Phi) is 4.72. The molecule has 0 atom stereocenters. The lowest BCUT2D eigenvalue weighted by molar-refractivity contribution is -0.145. The van der Waals surface area contributed by atoms with E-state index >= 15 is 0 Å². The minimum Gasteiger partial charge on any atom is -0.373 e. The van der Waals surface area contributed by atoms with Crippen molar-refractivity contribution in [3.8, 4) is 0 Å². The van der Waals surface area contributed by atoms with E-state index in [4.69, 9.17) is 0 Å². The molecule has 2 aromatic rings. The average Bonchev–Trinajstić information content (AvgIpc) is 2.45. The summed E-state index contributed by atoms with van der Waals surface area (Å²) in [7, 11) is 1.53. The van der Waals surface area contributed by atoms with E-state index in [0.717, 1.165) is 11.1 Å². The number of rotatable bonds is 4.